The molecule has 1 aromatic rings. The number of thioether (sulfide) groups is 1. The fraction of sp³-hybridized carbons (Fsp3) is 0.769. The Morgan fingerprint density at radius 1 is 1.53 bits per heavy atom. The maximum absolute atomic E-state index is 12.0. The molecule has 0 bridgehead atoms. The molecular weight excluding hydrogens is 260 g/mol. The minimum Gasteiger partial charge on any atom is -0.352 e. The maximum Gasteiger partial charge on any atom is 0.230 e. The zero-order valence-electron chi connectivity index (χ0n) is 11.8. The predicted octanol–water partition coefficient (Wildman–Crippen LogP) is 1.85. The molecule has 0 radical (unpaired) electrons. The standard InChI is InChI=1S/C13H22N4OS/c1-9-5-4-6-11(10(9)2)15-12(18)7-19-13-16-14-8-17(13)3/h8-11H,4-7H2,1-3H3,(H,15,18)/t9-,10+,11+/m1/s1. The summed E-state index contributed by atoms with van der Waals surface area (Å²) in [7, 11) is 1.88. The van der Waals surface area contributed by atoms with Crippen LogP contribution in [0.2, 0.25) is 0 Å². The molecule has 106 valence electrons. The molecule has 5 nitrogen and oxygen atoms in total. The maximum atomic E-state index is 12.0. The van der Waals surface area contributed by atoms with Crippen molar-refractivity contribution in [2.45, 2.75) is 44.3 Å². The summed E-state index contributed by atoms with van der Waals surface area (Å²) >= 11 is 1.43. The van der Waals surface area contributed by atoms with E-state index in [-0.39, 0.29) is 5.91 Å². The topological polar surface area (TPSA) is 59.8 Å². The largest absolute Gasteiger partial charge is 0.352 e. The van der Waals surface area contributed by atoms with E-state index in [1.807, 2.05) is 11.6 Å². The highest BCUT2D eigenvalue weighted by Gasteiger charge is 2.28. The van der Waals surface area contributed by atoms with Gasteiger partial charge in [-0.2, -0.15) is 0 Å². The second kappa shape index (κ2) is 6.41. The molecule has 1 amide bonds. The van der Waals surface area contributed by atoms with Crippen LogP contribution < -0.4 is 5.32 Å². The van der Waals surface area contributed by atoms with Gasteiger partial charge in [-0.15, -0.1) is 10.2 Å². The lowest BCUT2D eigenvalue weighted by Gasteiger charge is -2.34. The molecule has 0 saturated heterocycles. The number of carbonyl (C=O) groups is 1. The monoisotopic (exact) mass is 282 g/mol. The molecule has 1 aliphatic rings. The predicted molar refractivity (Wildman–Crippen MR) is 75.8 cm³/mol. The van der Waals surface area contributed by atoms with Gasteiger partial charge in [0.2, 0.25) is 5.91 Å². The van der Waals surface area contributed by atoms with Gasteiger partial charge < -0.3 is 9.88 Å². The number of rotatable bonds is 4. The number of amides is 1. The van der Waals surface area contributed by atoms with Gasteiger partial charge in [-0.25, -0.2) is 0 Å². The normalized spacial score (nSPS) is 27.2. The van der Waals surface area contributed by atoms with Gasteiger partial charge in [0.15, 0.2) is 5.16 Å². The van der Waals surface area contributed by atoms with E-state index < -0.39 is 0 Å². The van der Waals surface area contributed by atoms with Crippen LogP contribution in [0.25, 0.3) is 0 Å². The number of nitrogens with one attached hydrogen (secondary N) is 1. The smallest absolute Gasteiger partial charge is 0.230 e. The Bertz CT molecular complexity index is 434. The average Bonchev–Trinajstić information content (AvgIpc) is 2.78. The van der Waals surface area contributed by atoms with E-state index in [1.54, 1.807) is 6.33 Å². The fourth-order valence-corrected chi connectivity index (χ4v) is 3.27. The summed E-state index contributed by atoms with van der Waals surface area (Å²) in [5.74, 6) is 1.77. The lowest BCUT2D eigenvalue weighted by Crippen LogP contribution is -2.44. The Kier molecular flexibility index (Phi) is 4.85. The van der Waals surface area contributed by atoms with E-state index >= 15 is 0 Å². The molecule has 19 heavy (non-hydrogen) atoms. The molecule has 0 aromatic carbocycles. The molecule has 1 fully saturated rings. The minimum absolute atomic E-state index is 0.0963. The summed E-state index contributed by atoms with van der Waals surface area (Å²) in [5, 5.41) is 11.7. The van der Waals surface area contributed by atoms with Gasteiger partial charge in [-0.05, 0) is 18.3 Å². The van der Waals surface area contributed by atoms with Crippen molar-refractivity contribution < 1.29 is 4.79 Å². The van der Waals surface area contributed by atoms with Crippen LogP contribution in [0.3, 0.4) is 0 Å². The van der Waals surface area contributed by atoms with Gasteiger partial charge in [0.1, 0.15) is 6.33 Å². The number of aryl methyl sites for hydroxylation is 1. The lowest BCUT2D eigenvalue weighted by molar-refractivity contribution is -0.120. The highest BCUT2D eigenvalue weighted by Crippen LogP contribution is 2.29. The van der Waals surface area contributed by atoms with Crippen molar-refractivity contribution in [3.05, 3.63) is 6.33 Å². The van der Waals surface area contributed by atoms with E-state index in [2.05, 4.69) is 29.4 Å². The third-order valence-corrected chi connectivity index (χ3v) is 5.09. The number of hydrogen-bond acceptors (Lipinski definition) is 4. The van der Waals surface area contributed by atoms with E-state index in [0.29, 0.717) is 23.6 Å². The molecule has 0 spiro atoms. The van der Waals surface area contributed by atoms with Crippen molar-refractivity contribution in [1.82, 2.24) is 20.1 Å². The number of carbonyl (C=O) groups excluding carboxylic acids is 1. The lowest BCUT2D eigenvalue weighted by atomic mass is 9.78. The van der Waals surface area contributed by atoms with E-state index in [1.165, 1.54) is 24.6 Å². The Hall–Kier alpha value is -1.04. The first-order chi connectivity index (χ1) is 9.08. The summed E-state index contributed by atoms with van der Waals surface area (Å²) in [6.07, 6.45) is 5.24. The van der Waals surface area contributed by atoms with Gasteiger partial charge in [0.05, 0.1) is 5.75 Å². The van der Waals surface area contributed by atoms with E-state index in [0.717, 1.165) is 11.6 Å². The molecule has 6 heteroatoms. The average molecular weight is 282 g/mol. The summed E-state index contributed by atoms with van der Waals surface area (Å²) in [6.45, 7) is 4.52. The second-order valence-electron chi connectivity index (χ2n) is 5.45. The van der Waals surface area contributed by atoms with Crippen LogP contribution in [0, 0.1) is 11.8 Å². The Morgan fingerprint density at radius 3 is 3.00 bits per heavy atom. The molecular formula is C13H22N4OS. The van der Waals surface area contributed by atoms with Crippen molar-refractivity contribution in [1.29, 1.82) is 0 Å². The summed E-state index contributed by atoms with van der Waals surface area (Å²) in [5.41, 5.74) is 0. The first-order valence-electron chi connectivity index (χ1n) is 6.84. The Balaban J connectivity index is 1.79. The van der Waals surface area contributed by atoms with Crippen LogP contribution in [-0.2, 0) is 11.8 Å². The molecule has 3 atom stereocenters. The number of aromatic nitrogens is 3. The van der Waals surface area contributed by atoms with Crippen LogP contribution >= 0.6 is 11.8 Å². The molecule has 1 heterocycles. The Labute approximate surface area is 118 Å². The van der Waals surface area contributed by atoms with Gasteiger partial charge in [0, 0.05) is 13.1 Å². The van der Waals surface area contributed by atoms with Gasteiger partial charge in [-0.1, -0.05) is 38.5 Å². The third kappa shape index (κ3) is 3.72. The molecule has 2 rings (SSSR count). The highest BCUT2D eigenvalue weighted by atomic mass is 32.2. The summed E-state index contributed by atoms with van der Waals surface area (Å²) in [6, 6.07) is 0.330. The molecule has 0 aliphatic heterocycles. The number of nitrogens with zero attached hydrogens (tertiary/aromatic N) is 3. The first kappa shape index (κ1) is 14.4. The van der Waals surface area contributed by atoms with Crippen molar-refractivity contribution in [3.8, 4) is 0 Å². The van der Waals surface area contributed by atoms with Crippen LogP contribution in [0.4, 0.5) is 0 Å². The van der Waals surface area contributed by atoms with Crippen LogP contribution in [0.15, 0.2) is 11.5 Å². The zero-order chi connectivity index (χ0) is 13.8. The minimum atomic E-state index is 0.0963. The molecule has 1 saturated carbocycles. The quantitative estimate of drug-likeness (QED) is 0.856. The van der Waals surface area contributed by atoms with Crippen LogP contribution in [0.1, 0.15) is 33.1 Å². The molecule has 0 unspecified atom stereocenters. The van der Waals surface area contributed by atoms with Crippen molar-refractivity contribution in [2.75, 3.05) is 5.75 Å². The molecule has 1 aliphatic carbocycles. The highest BCUT2D eigenvalue weighted by molar-refractivity contribution is 7.99. The van der Waals surface area contributed by atoms with Crippen molar-refractivity contribution in [3.63, 3.8) is 0 Å². The van der Waals surface area contributed by atoms with Gasteiger partial charge in [-0.3, -0.25) is 4.79 Å². The van der Waals surface area contributed by atoms with E-state index in [4.69, 9.17) is 0 Å². The summed E-state index contributed by atoms with van der Waals surface area (Å²) in [4.78, 5) is 12.0. The second-order valence-corrected chi connectivity index (χ2v) is 6.40. The van der Waals surface area contributed by atoms with Gasteiger partial charge in [0.25, 0.3) is 0 Å². The zero-order valence-corrected chi connectivity index (χ0v) is 12.6. The molecule has 1 N–H and O–H groups in total. The van der Waals surface area contributed by atoms with Crippen molar-refractivity contribution in [2.24, 2.45) is 18.9 Å². The van der Waals surface area contributed by atoms with Crippen molar-refractivity contribution >= 4 is 17.7 Å². The van der Waals surface area contributed by atoms with Crippen LogP contribution in [0.5, 0.6) is 0 Å². The molecule has 1 aromatic heterocycles. The first-order valence-corrected chi connectivity index (χ1v) is 7.82. The van der Waals surface area contributed by atoms with E-state index in [9.17, 15) is 4.79 Å². The summed E-state index contributed by atoms with van der Waals surface area (Å²) < 4.78 is 1.82. The van der Waals surface area contributed by atoms with Crippen LogP contribution in [-0.4, -0.2) is 32.5 Å². The van der Waals surface area contributed by atoms with Gasteiger partial charge >= 0.3 is 0 Å². The third-order valence-electron chi connectivity index (χ3n) is 4.06. The Morgan fingerprint density at radius 2 is 2.32 bits per heavy atom. The fourth-order valence-electron chi connectivity index (χ4n) is 2.57. The SMILES string of the molecule is C[C@H]1[C@H](C)CCC[C@@H]1NC(=O)CSc1nncn1C. The number of hydrogen-bond donors (Lipinski definition) is 1.